The van der Waals surface area contributed by atoms with Gasteiger partial charge in [-0.15, -0.1) is 11.3 Å². The molecule has 0 radical (unpaired) electrons. The highest BCUT2D eigenvalue weighted by Gasteiger charge is 2.17. The van der Waals surface area contributed by atoms with Gasteiger partial charge >= 0.3 is 0 Å². The Morgan fingerprint density at radius 2 is 2.10 bits per heavy atom. The van der Waals surface area contributed by atoms with Gasteiger partial charge in [0.25, 0.3) is 5.89 Å². The molecule has 0 atom stereocenters. The van der Waals surface area contributed by atoms with E-state index < -0.39 is 0 Å². The molecule has 2 N–H and O–H groups in total. The van der Waals surface area contributed by atoms with Crippen LogP contribution in [0.5, 0.6) is 0 Å². The van der Waals surface area contributed by atoms with Gasteiger partial charge in [-0.05, 0) is 37.1 Å². The predicted molar refractivity (Wildman–Crippen MR) is 81.5 cm³/mol. The van der Waals surface area contributed by atoms with Gasteiger partial charge in [0.05, 0.1) is 10.6 Å². The third-order valence-electron chi connectivity index (χ3n) is 3.26. The Kier molecular flexibility index (Phi) is 3.47. The molecule has 0 bridgehead atoms. The van der Waals surface area contributed by atoms with Gasteiger partial charge in [0.15, 0.2) is 0 Å². The summed E-state index contributed by atoms with van der Waals surface area (Å²) in [6, 6.07) is 6.45. The normalized spacial score (nSPS) is 11.0. The maximum absolute atomic E-state index is 13.4. The highest BCUT2D eigenvalue weighted by Crippen LogP contribution is 2.34. The molecule has 0 aliphatic carbocycles. The van der Waals surface area contributed by atoms with Crippen molar-refractivity contribution < 1.29 is 8.91 Å². The number of anilines is 1. The van der Waals surface area contributed by atoms with Crippen molar-refractivity contribution in [2.45, 2.75) is 20.3 Å². The zero-order valence-electron chi connectivity index (χ0n) is 11.7. The first-order valence-corrected chi connectivity index (χ1v) is 7.39. The number of aryl methyl sites for hydroxylation is 2. The van der Waals surface area contributed by atoms with Crippen LogP contribution in [0.1, 0.15) is 17.4 Å². The molecule has 0 saturated heterocycles. The van der Waals surface area contributed by atoms with E-state index in [4.69, 9.17) is 10.3 Å². The highest BCUT2D eigenvalue weighted by molar-refractivity contribution is 7.16. The summed E-state index contributed by atoms with van der Waals surface area (Å²) in [5.41, 5.74) is 8.23. The van der Waals surface area contributed by atoms with Crippen molar-refractivity contribution in [3.8, 4) is 22.8 Å². The topological polar surface area (TPSA) is 64.9 Å². The van der Waals surface area contributed by atoms with Gasteiger partial charge in [-0.25, -0.2) is 4.39 Å². The van der Waals surface area contributed by atoms with Gasteiger partial charge in [0.1, 0.15) is 5.82 Å². The molecular weight excluding hydrogens is 289 g/mol. The van der Waals surface area contributed by atoms with Crippen molar-refractivity contribution in [2.24, 2.45) is 0 Å². The van der Waals surface area contributed by atoms with Crippen molar-refractivity contribution >= 4 is 16.3 Å². The van der Waals surface area contributed by atoms with E-state index in [9.17, 15) is 4.39 Å². The van der Waals surface area contributed by atoms with E-state index in [0.717, 1.165) is 22.4 Å². The van der Waals surface area contributed by atoms with Gasteiger partial charge in [0.2, 0.25) is 5.82 Å². The summed E-state index contributed by atoms with van der Waals surface area (Å²) in [7, 11) is 0. The van der Waals surface area contributed by atoms with Crippen LogP contribution in [0.3, 0.4) is 0 Å². The quantitative estimate of drug-likeness (QED) is 0.792. The number of hydrogen-bond donors (Lipinski definition) is 1. The van der Waals surface area contributed by atoms with E-state index in [1.54, 1.807) is 6.07 Å². The molecule has 0 aliphatic rings. The third kappa shape index (κ3) is 2.54. The summed E-state index contributed by atoms with van der Waals surface area (Å²) >= 11 is 1.51. The lowest BCUT2D eigenvalue weighted by atomic mass is 10.1. The minimum Gasteiger partial charge on any atom is -0.390 e. The second-order valence-corrected chi connectivity index (χ2v) is 5.89. The molecule has 0 unspecified atom stereocenters. The number of nitrogens with two attached hydrogens (primary N) is 1. The van der Waals surface area contributed by atoms with Crippen LogP contribution >= 0.6 is 11.3 Å². The summed E-state index contributed by atoms with van der Waals surface area (Å²) in [5, 5.41) is 4.59. The first-order valence-electron chi connectivity index (χ1n) is 6.57. The molecule has 21 heavy (non-hydrogen) atoms. The Morgan fingerprint density at radius 1 is 1.29 bits per heavy atom. The Labute approximate surface area is 125 Å². The summed E-state index contributed by atoms with van der Waals surface area (Å²) in [4.78, 5) is 5.50. The fourth-order valence-electron chi connectivity index (χ4n) is 2.08. The number of rotatable bonds is 3. The van der Waals surface area contributed by atoms with Crippen molar-refractivity contribution in [3.05, 3.63) is 40.5 Å². The number of nitrogens with zero attached hydrogens (tertiary/aromatic N) is 2. The lowest BCUT2D eigenvalue weighted by molar-refractivity contribution is 0.432. The lowest BCUT2D eigenvalue weighted by Gasteiger charge is -1.99. The molecule has 6 heteroatoms. The Hall–Kier alpha value is -2.21. The molecule has 0 saturated carbocycles. The van der Waals surface area contributed by atoms with Crippen LogP contribution in [0.2, 0.25) is 0 Å². The minimum absolute atomic E-state index is 0.328. The molecule has 4 nitrogen and oxygen atoms in total. The van der Waals surface area contributed by atoms with Gasteiger partial charge in [0, 0.05) is 10.4 Å². The van der Waals surface area contributed by atoms with Gasteiger partial charge < -0.3 is 10.3 Å². The second-order valence-electron chi connectivity index (χ2n) is 4.73. The average molecular weight is 303 g/mol. The fourth-order valence-corrected chi connectivity index (χ4v) is 2.94. The molecule has 0 amide bonds. The molecule has 3 aromatic rings. The van der Waals surface area contributed by atoms with Gasteiger partial charge in [-0.2, -0.15) is 4.98 Å². The third-order valence-corrected chi connectivity index (χ3v) is 4.37. The average Bonchev–Trinajstić information content (AvgIpc) is 3.07. The molecule has 0 fully saturated rings. The van der Waals surface area contributed by atoms with Crippen LogP contribution in [-0.4, -0.2) is 10.1 Å². The van der Waals surface area contributed by atoms with Crippen LogP contribution in [0.15, 0.2) is 28.8 Å². The molecule has 0 spiro atoms. The van der Waals surface area contributed by atoms with Crippen molar-refractivity contribution in [1.82, 2.24) is 10.1 Å². The molecular formula is C15H14FN3OS. The van der Waals surface area contributed by atoms with Gasteiger partial charge in [-0.3, -0.25) is 0 Å². The smallest absolute Gasteiger partial charge is 0.261 e. The number of halogens is 1. The number of nitrogen functional groups attached to an aromatic ring is 1. The predicted octanol–water partition coefficient (Wildman–Crippen LogP) is 4.06. The zero-order chi connectivity index (χ0) is 15.0. The number of aromatic nitrogens is 2. The SMILES string of the molecule is CCc1cc(-c2nc(-c3cc(F)ccc3C)no2)c(N)s1. The lowest BCUT2D eigenvalue weighted by Crippen LogP contribution is -1.88. The molecule has 2 aromatic heterocycles. The van der Waals surface area contributed by atoms with Crippen LogP contribution in [0, 0.1) is 12.7 Å². The highest BCUT2D eigenvalue weighted by atomic mass is 32.1. The van der Waals surface area contributed by atoms with Crippen molar-refractivity contribution in [1.29, 1.82) is 0 Å². The van der Waals surface area contributed by atoms with E-state index in [2.05, 4.69) is 17.1 Å². The molecule has 0 aliphatic heterocycles. The number of thiophene rings is 1. The first-order chi connectivity index (χ1) is 10.1. The van der Waals surface area contributed by atoms with Crippen LogP contribution in [0.4, 0.5) is 9.39 Å². The Bertz CT molecular complexity index is 794. The molecule has 3 rings (SSSR count). The van der Waals surface area contributed by atoms with E-state index in [1.165, 1.54) is 23.5 Å². The zero-order valence-corrected chi connectivity index (χ0v) is 12.5. The van der Waals surface area contributed by atoms with Crippen molar-refractivity contribution in [3.63, 3.8) is 0 Å². The van der Waals surface area contributed by atoms with Crippen LogP contribution in [0.25, 0.3) is 22.8 Å². The summed E-state index contributed by atoms with van der Waals surface area (Å²) < 4.78 is 18.7. The first kappa shape index (κ1) is 13.8. The Balaban J connectivity index is 2.03. The number of benzene rings is 1. The Morgan fingerprint density at radius 3 is 2.81 bits per heavy atom. The van der Waals surface area contributed by atoms with Crippen molar-refractivity contribution in [2.75, 3.05) is 5.73 Å². The summed E-state index contributed by atoms with van der Waals surface area (Å²) in [5.74, 6) is 0.401. The molecule has 108 valence electrons. The maximum Gasteiger partial charge on any atom is 0.261 e. The van der Waals surface area contributed by atoms with E-state index in [-0.39, 0.29) is 5.82 Å². The number of hydrogen-bond acceptors (Lipinski definition) is 5. The second kappa shape index (κ2) is 5.29. The minimum atomic E-state index is -0.328. The fraction of sp³-hybridized carbons (Fsp3) is 0.200. The van der Waals surface area contributed by atoms with Gasteiger partial charge in [-0.1, -0.05) is 18.1 Å². The van der Waals surface area contributed by atoms with E-state index >= 15 is 0 Å². The maximum atomic E-state index is 13.4. The van der Waals surface area contributed by atoms with Crippen LogP contribution in [-0.2, 0) is 6.42 Å². The monoisotopic (exact) mass is 303 g/mol. The standard InChI is InChI=1S/C15H14FN3OS/c1-3-10-7-12(13(17)21-10)15-18-14(19-20-15)11-6-9(16)5-4-8(11)2/h4-7H,3,17H2,1-2H3. The largest absolute Gasteiger partial charge is 0.390 e. The summed E-state index contributed by atoms with van der Waals surface area (Å²) in [6.07, 6.45) is 0.902. The van der Waals surface area contributed by atoms with E-state index in [1.807, 2.05) is 13.0 Å². The molecule has 2 heterocycles. The molecule has 1 aromatic carbocycles. The van der Waals surface area contributed by atoms with Crippen LogP contribution < -0.4 is 5.73 Å². The summed E-state index contributed by atoms with van der Waals surface area (Å²) in [6.45, 7) is 3.93. The van der Waals surface area contributed by atoms with E-state index in [0.29, 0.717) is 22.3 Å².